The first-order valence-corrected chi connectivity index (χ1v) is 5.06. The van der Waals surface area contributed by atoms with Crippen molar-refractivity contribution in [2.45, 2.75) is 46.6 Å². The highest BCUT2D eigenvalue weighted by atomic mass is 16.5. The van der Waals surface area contributed by atoms with E-state index in [0.717, 1.165) is 13.0 Å². The average Bonchev–Trinajstić information content (AvgIpc) is 2.34. The molecule has 0 N–H and O–H groups in total. The van der Waals surface area contributed by atoms with E-state index in [-0.39, 0.29) is 11.5 Å². The van der Waals surface area contributed by atoms with Crippen molar-refractivity contribution in [3.63, 3.8) is 0 Å². The van der Waals surface area contributed by atoms with Crippen LogP contribution in [0.1, 0.15) is 40.5 Å². The van der Waals surface area contributed by atoms with Gasteiger partial charge in [0.15, 0.2) is 0 Å². The molecule has 0 radical (unpaired) electrons. The lowest BCUT2D eigenvalue weighted by Gasteiger charge is -2.20. The number of ether oxygens (including phenoxy) is 1. The Morgan fingerprint density at radius 3 is 2.46 bits per heavy atom. The fraction of sp³-hybridized carbons (Fsp3) is 0.909. The van der Waals surface area contributed by atoms with Gasteiger partial charge in [-0.1, -0.05) is 27.7 Å². The minimum atomic E-state index is -0.217. The molecule has 0 bridgehead atoms. The van der Waals surface area contributed by atoms with Crippen LogP contribution in [0.25, 0.3) is 0 Å². The average molecular weight is 184 g/mol. The van der Waals surface area contributed by atoms with Crippen molar-refractivity contribution in [1.29, 1.82) is 0 Å². The summed E-state index contributed by atoms with van der Waals surface area (Å²) >= 11 is 0. The van der Waals surface area contributed by atoms with Gasteiger partial charge in [-0.25, -0.2) is 0 Å². The van der Waals surface area contributed by atoms with Crippen LogP contribution in [0.2, 0.25) is 0 Å². The Hall–Kier alpha value is -0.370. The van der Waals surface area contributed by atoms with E-state index in [0.29, 0.717) is 18.1 Å². The summed E-state index contributed by atoms with van der Waals surface area (Å²) in [6.45, 7) is 8.88. The van der Waals surface area contributed by atoms with Gasteiger partial charge in [-0.3, -0.25) is 4.79 Å². The quantitative estimate of drug-likeness (QED) is 0.658. The molecule has 0 saturated carbocycles. The Bertz CT molecular complexity index is 191. The predicted molar refractivity (Wildman–Crippen MR) is 52.6 cm³/mol. The van der Waals surface area contributed by atoms with E-state index in [2.05, 4.69) is 6.92 Å². The fourth-order valence-corrected chi connectivity index (χ4v) is 1.50. The summed E-state index contributed by atoms with van der Waals surface area (Å²) in [6.07, 6.45) is 1.86. The van der Waals surface area contributed by atoms with Gasteiger partial charge in [0.25, 0.3) is 0 Å². The van der Waals surface area contributed by atoms with E-state index in [1.807, 2.05) is 20.8 Å². The summed E-state index contributed by atoms with van der Waals surface area (Å²) in [5.74, 6) is 0.859. The number of carbonyl (C=O) groups excluding carboxylic acids is 1. The van der Waals surface area contributed by atoms with E-state index in [1.165, 1.54) is 0 Å². The SMILES string of the molecule is CC1CCOC1CC(=O)C(C)(C)C. The second-order valence-corrected chi connectivity index (χ2v) is 5.05. The van der Waals surface area contributed by atoms with E-state index >= 15 is 0 Å². The minimum Gasteiger partial charge on any atom is -0.377 e. The van der Waals surface area contributed by atoms with Crippen LogP contribution < -0.4 is 0 Å². The first kappa shape index (κ1) is 10.7. The molecular weight excluding hydrogens is 164 g/mol. The third-order valence-corrected chi connectivity index (χ3v) is 2.76. The molecular formula is C11H20O2. The maximum absolute atomic E-state index is 11.7. The van der Waals surface area contributed by atoms with Crippen molar-refractivity contribution in [2.24, 2.45) is 11.3 Å². The van der Waals surface area contributed by atoms with E-state index in [1.54, 1.807) is 0 Å². The standard InChI is InChI=1S/C11H20O2/c1-8-5-6-13-9(8)7-10(12)11(2,3)4/h8-9H,5-7H2,1-4H3. The number of carbonyl (C=O) groups is 1. The summed E-state index contributed by atoms with van der Waals surface area (Å²) < 4.78 is 5.51. The second-order valence-electron chi connectivity index (χ2n) is 5.05. The van der Waals surface area contributed by atoms with Crippen LogP contribution in [0.5, 0.6) is 0 Å². The summed E-state index contributed by atoms with van der Waals surface area (Å²) in [5, 5.41) is 0. The third kappa shape index (κ3) is 2.80. The van der Waals surface area contributed by atoms with Gasteiger partial charge in [-0.05, 0) is 12.3 Å². The molecule has 0 aromatic heterocycles. The van der Waals surface area contributed by atoms with E-state index < -0.39 is 0 Å². The van der Waals surface area contributed by atoms with Crippen molar-refractivity contribution in [2.75, 3.05) is 6.61 Å². The first-order chi connectivity index (χ1) is 5.91. The van der Waals surface area contributed by atoms with Crippen LogP contribution in [-0.2, 0) is 9.53 Å². The highest BCUT2D eigenvalue weighted by Crippen LogP contribution is 2.26. The van der Waals surface area contributed by atoms with Gasteiger partial charge in [0.1, 0.15) is 5.78 Å². The molecule has 1 aliphatic rings. The normalized spacial score (nSPS) is 29.2. The Morgan fingerprint density at radius 1 is 1.46 bits per heavy atom. The molecule has 2 unspecified atom stereocenters. The monoisotopic (exact) mass is 184 g/mol. The lowest BCUT2D eigenvalue weighted by atomic mass is 9.85. The molecule has 2 nitrogen and oxygen atoms in total. The molecule has 13 heavy (non-hydrogen) atoms. The van der Waals surface area contributed by atoms with Crippen LogP contribution in [0, 0.1) is 11.3 Å². The van der Waals surface area contributed by atoms with Gasteiger partial charge >= 0.3 is 0 Å². The highest BCUT2D eigenvalue weighted by molar-refractivity contribution is 5.84. The van der Waals surface area contributed by atoms with Gasteiger partial charge in [0, 0.05) is 18.4 Å². The molecule has 1 fully saturated rings. The highest BCUT2D eigenvalue weighted by Gasteiger charge is 2.30. The Labute approximate surface area is 80.7 Å². The van der Waals surface area contributed by atoms with Crippen molar-refractivity contribution in [3.05, 3.63) is 0 Å². The molecule has 2 heteroatoms. The number of Topliss-reactive ketones (excluding diaryl/α,β-unsaturated/α-hetero) is 1. The molecule has 0 aromatic carbocycles. The van der Waals surface area contributed by atoms with Crippen molar-refractivity contribution in [1.82, 2.24) is 0 Å². The zero-order valence-corrected chi connectivity index (χ0v) is 9.09. The molecule has 2 atom stereocenters. The predicted octanol–water partition coefficient (Wildman–Crippen LogP) is 2.42. The Morgan fingerprint density at radius 2 is 2.08 bits per heavy atom. The van der Waals surface area contributed by atoms with Crippen LogP contribution in [0.3, 0.4) is 0 Å². The van der Waals surface area contributed by atoms with Gasteiger partial charge < -0.3 is 4.74 Å². The number of rotatable bonds is 2. The topological polar surface area (TPSA) is 26.3 Å². The fourth-order valence-electron chi connectivity index (χ4n) is 1.50. The summed E-state index contributed by atoms with van der Waals surface area (Å²) in [6, 6.07) is 0. The molecule has 1 heterocycles. The molecule has 1 aliphatic heterocycles. The number of hydrogen-bond acceptors (Lipinski definition) is 2. The summed E-state index contributed by atoms with van der Waals surface area (Å²) in [7, 11) is 0. The van der Waals surface area contributed by atoms with Crippen LogP contribution in [-0.4, -0.2) is 18.5 Å². The zero-order valence-electron chi connectivity index (χ0n) is 9.09. The van der Waals surface area contributed by atoms with Crippen LogP contribution in [0.15, 0.2) is 0 Å². The maximum Gasteiger partial charge on any atom is 0.140 e. The van der Waals surface area contributed by atoms with Gasteiger partial charge in [0.2, 0.25) is 0 Å². The van der Waals surface area contributed by atoms with E-state index in [4.69, 9.17) is 4.74 Å². The Balaban J connectivity index is 2.45. The molecule has 0 aliphatic carbocycles. The van der Waals surface area contributed by atoms with Gasteiger partial charge in [0.05, 0.1) is 6.10 Å². The second kappa shape index (κ2) is 3.79. The van der Waals surface area contributed by atoms with Crippen molar-refractivity contribution >= 4 is 5.78 Å². The van der Waals surface area contributed by atoms with Gasteiger partial charge in [-0.2, -0.15) is 0 Å². The first-order valence-electron chi connectivity index (χ1n) is 5.06. The largest absolute Gasteiger partial charge is 0.377 e. The summed E-state index contributed by atoms with van der Waals surface area (Å²) in [4.78, 5) is 11.7. The molecule has 1 saturated heterocycles. The number of ketones is 1. The maximum atomic E-state index is 11.7. The van der Waals surface area contributed by atoms with Gasteiger partial charge in [-0.15, -0.1) is 0 Å². The van der Waals surface area contributed by atoms with Crippen molar-refractivity contribution in [3.8, 4) is 0 Å². The minimum absolute atomic E-state index is 0.173. The Kier molecular flexibility index (Phi) is 3.12. The zero-order chi connectivity index (χ0) is 10.1. The van der Waals surface area contributed by atoms with E-state index in [9.17, 15) is 4.79 Å². The molecule has 1 rings (SSSR count). The molecule has 76 valence electrons. The lowest BCUT2D eigenvalue weighted by molar-refractivity contribution is -0.128. The third-order valence-electron chi connectivity index (χ3n) is 2.76. The number of hydrogen-bond donors (Lipinski definition) is 0. The smallest absolute Gasteiger partial charge is 0.140 e. The summed E-state index contributed by atoms with van der Waals surface area (Å²) in [5.41, 5.74) is -0.217. The van der Waals surface area contributed by atoms with Crippen LogP contribution >= 0.6 is 0 Å². The molecule has 0 spiro atoms. The van der Waals surface area contributed by atoms with Crippen molar-refractivity contribution < 1.29 is 9.53 Å². The van der Waals surface area contributed by atoms with Crippen LogP contribution in [0.4, 0.5) is 0 Å². The molecule has 0 aromatic rings. The molecule has 0 amide bonds. The lowest BCUT2D eigenvalue weighted by Crippen LogP contribution is -2.27.